The zero-order valence-corrected chi connectivity index (χ0v) is 16.3. The van der Waals surface area contributed by atoms with Crippen molar-refractivity contribution < 1.29 is 33.8 Å². The largest absolute Gasteiger partial charge is 0.481 e. The van der Waals surface area contributed by atoms with E-state index in [2.05, 4.69) is 0 Å². The van der Waals surface area contributed by atoms with Gasteiger partial charge in [-0.15, -0.1) is 4.99 Å². The highest BCUT2D eigenvalue weighted by Gasteiger charge is 2.44. The summed E-state index contributed by atoms with van der Waals surface area (Å²) in [7, 11) is 1.55. The average Bonchev–Trinajstić information content (AvgIpc) is 3.20. The van der Waals surface area contributed by atoms with Gasteiger partial charge in [0.05, 0.1) is 5.41 Å². The number of carboxylic acids is 1. The van der Waals surface area contributed by atoms with E-state index in [9.17, 15) is 19.1 Å². The molecule has 2 heterocycles. The molecule has 0 aliphatic carbocycles. The van der Waals surface area contributed by atoms with E-state index >= 15 is 0 Å². The van der Waals surface area contributed by atoms with Gasteiger partial charge in [0.1, 0.15) is 5.82 Å². The molecule has 0 radical (unpaired) electrons. The number of halogens is 1. The Morgan fingerprint density at radius 1 is 1.07 bits per heavy atom. The Bertz CT molecular complexity index is 926. The quantitative estimate of drug-likeness (QED) is 0.767. The number of aliphatic carboxylic acids is 1. The molecule has 30 heavy (non-hydrogen) atoms. The Labute approximate surface area is 172 Å². The monoisotopic (exact) mass is 416 g/mol. The van der Waals surface area contributed by atoms with Crippen molar-refractivity contribution in [1.82, 2.24) is 10.1 Å². The van der Waals surface area contributed by atoms with E-state index in [1.54, 1.807) is 36.2 Å². The first kappa shape index (κ1) is 20.4. The van der Waals surface area contributed by atoms with E-state index in [0.29, 0.717) is 16.7 Å². The van der Waals surface area contributed by atoms with Gasteiger partial charge in [0, 0.05) is 31.3 Å². The number of amides is 1. The lowest BCUT2D eigenvalue weighted by molar-refractivity contribution is -0.402. The van der Waals surface area contributed by atoms with Crippen LogP contribution in [0.5, 0.6) is 0 Å². The van der Waals surface area contributed by atoms with Crippen molar-refractivity contribution in [2.75, 3.05) is 20.1 Å². The molecule has 1 N–H and O–H groups in total. The molecule has 0 spiro atoms. The molecule has 4 rings (SSSR count). The van der Waals surface area contributed by atoms with Gasteiger partial charge in [-0.2, -0.15) is 4.89 Å². The molecule has 2 aliphatic heterocycles. The number of carbonyl (C=O) groups is 2. The maximum Gasteiger partial charge on any atom is 0.314 e. The lowest BCUT2D eigenvalue weighted by Crippen LogP contribution is -2.49. The zero-order valence-electron chi connectivity index (χ0n) is 16.3. The minimum absolute atomic E-state index is 0.179. The summed E-state index contributed by atoms with van der Waals surface area (Å²) < 4.78 is 13.3. The fourth-order valence-corrected chi connectivity index (χ4v) is 3.84. The first-order valence-corrected chi connectivity index (χ1v) is 9.52. The average molecular weight is 416 g/mol. The van der Waals surface area contributed by atoms with Crippen LogP contribution in [-0.2, 0) is 24.9 Å². The van der Waals surface area contributed by atoms with Gasteiger partial charge in [-0.25, -0.2) is 9.23 Å². The summed E-state index contributed by atoms with van der Waals surface area (Å²) >= 11 is 0. The molecule has 8 nitrogen and oxygen atoms in total. The number of piperidine rings is 1. The summed E-state index contributed by atoms with van der Waals surface area (Å²) in [5.74, 6) is -1.56. The van der Waals surface area contributed by atoms with E-state index < -0.39 is 23.5 Å². The molecule has 1 amide bonds. The number of hydrogen-bond donors (Lipinski definition) is 1. The Morgan fingerprint density at radius 3 is 2.23 bits per heavy atom. The number of carbonyl (C=O) groups excluding carboxylic acids is 1. The molecule has 0 bridgehead atoms. The van der Waals surface area contributed by atoms with Crippen molar-refractivity contribution >= 4 is 11.9 Å². The van der Waals surface area contributed by atoms with Gasteiger partial charge in [0.25, 0.3) is 5.91 Å². The summed E-state index contributed by atoms with van der Waals surface area (Å²) in [6.45, 7) is 0.579. The summed E-state index contributed by atoms with van der Waals surface area (Å²) in [4.78, 5) is 41.6. The molecule has 0 aromatic heterocycles. The van der Waals surface area contributed by atoms with Crippen LogP contribution in [0.3, 0.4) is 0 Å². The predicted octanol–water partition coefficient (Wildman–Crippen LogP) is 2.82. The second-order valence-corrected chi connectivity index (χ2v) is 7.36. The first-order chi connectivity index (χ1) is 14.4. The predicted molar refractivity (Wildman–Crippen MR) is 101 cm³/mol. The molecular formula is C21H21FN2O6. The van der Waals surface area contributed by atoms with Crippen molar-refractivity contribution in [2.45, 2.75) is 24.5 Å². The molecule has 2 fully saturated rings. The molecule has 2 saturated heterocycles. The number of carboxylic acid groups (broad SMARTS) is 1. The van der Waals surface area contributed by atoms with E-state index in [1.165, 1.54) is 24.3 Å². The van der Waals surface area contributed by atoms with Crippen LogP contribution < -0.4 is 0 Å². The first-order valence-electron chi connectivity index (χ1n) is 9.52. The lowest BCUT2D eigenvalue weighted by Gasteiger charge is -2.39. The van der Waals surface area contributed by atoms with Crippen molar-refractivity contribution in [2.24, 2.45) is 0 Å². The van der Waals surface area contributed by atoms with Gasteiger partial charge >= 0.3 is 5.97 Å². The molecule has 2 aliphatic rings. The van der Waals surface area contributed by atoms with E-state index in [-0.39, 0.29) is 31.8 Å². The van der Waals surface area contributed by atoms with E-state index in [0.717, 1.165) is 5.23 Å². The third kappa shape index (κ3) is 3.80. The molecule has 1 unspecified atom stereocenters. The normalized spacial score (nSPS) is 21.5. The smallest absolute Gasteiger partial charge is 0.314 e. The van der Waals surface area contributed by atoms with Gasteiger partial charge in [-0.1, -0.05) is 24.3 Å². The van der Waals surface area contributed by atoms with Gasteiger partial charge in [0.2, 0.25) is 6.29 Å². The molecule has 1 atom stereocenters. The standard InChI is InChI=1S/C21H21FN2O6/c1-23-28-19(29-30-23)15-4-2-14(3-5-15)18(25)24-12-10-21(11-13-24,20(26)27)16-6-8-17(22)9-7-16/h2-9,19H,10-13H2,1H3,(H,26,27). The molecule has 158 valence electrons. The van der Waals surface area contributed by atoms with Crippen LogP contribution in [-0.4, -0.2) is 47.2 Å². The summed E-state index contributed by atoms with van der Waals surface area (Å²) in [5, 5.41) is 11.0. The van der Waals surface area contributed by atoms with Gasteiger partial charge < -0.3 is 10.0 Å². The number of rotatable bonds is 4. The second-order valence-electron chi connectivity index (χ2n) is 7.36. The van der Waals surface area contributed by atoms with Crippen LogP contribution in [0.15, 0.2) is 48.5 Å². The lowest BCUT2D eigenvalue weighted by atomic mass is 9.72. The Hall–Kier alpha value is -2.85. The van der Waals surface area contributed by atoms with Gasteiger partial charge in [-0.05, 0) is 47.9 Å². The summed E-state index contributed by atoms with van der Waals surface area (Å²) in [5.41, 5.74) is 0.598. The maximum atomic E-state index is 13.3. The highest BCUT2D eigenvalue weighted by atomic mass is 19.1. The van der Waals surface area contributed by atoms with Crippen molar-refractivity contribution in [3.8, 4) is 0 Å². The minimum Gasteiger partial charge on any atom is -0.481 e. The fourth-order valence-electron chi connectivity index (χ4n) is 3.84. The Kier molecular flexibility index (Phi) is 5.52. The third-order valence-electron chi connectivity index (χ3n) is 5.62. The summed E-state index contributed by atoms with van der Waals surface area (Å²) in [6, 6.07) is 12.3. The number of hydroxylamine groups is 2. The Morgan fingerprint density at radius 2 is 1.70 bits per heavy atom. The number of benzene rings is 2. The maximum absolute atomic E-state index is 13.3. The van der Waals surface area contributed by atoms with E-state index in [1.807, 2.05) is 0 Å². The number of likely N-dealkylation sites (tertiary alicyclic amines) is 1. The fraction of sp³-hybridized carbons (Fsp3) is 0.333. The summed E-state index contributed by atoms with van der Waals surface area (Å²) in [6.07, 6.45) is -0.197. The topological polar surface area (TPSA) is 88.5 Å². The molecular weight excluding hydrogens is 395 g/mol. The van der Waals surface area contributed by atoms with Crippen LogP contribution in [0, 0.1) is 5.82 Å². The highest BCUT2D eigenvalue weighted by molar-refractivity contribution is 5.94. The van der Waals surface area contributed by atoms with Crippen LogP contribution in [0.1, 0.15) is 40.6 Å². The zero-order chi connectivity index (χ0) is 21.3. The molecule has 2 aromatic rings. The number of hydrogen-bond acceptors (Lipinski definition) is 6. The highest BCUT2D eigenvalue weighted by Crippen LogP contribution is 2.36. The molecule has 2 aromatic carbocycles. The van der Waals surface area contributed by atoms with Crippen LogP contribution in [0.4, 0.5) is 4.39 Å². The minimum atomic E-state index is -1.13. The van der Waals surface area contributed by atoms with Gasteiger partial charge in [0.15, 0.2) is 0 Å². The van der Waals surface area contributed by atoms with Crippen LogP contribution >= 0.6 is 0 Å². The third-order valence-corrected chi connectivity index (χ3v) is 5.62. The SMILES string of the molecule is CN1OOC(c2ccc(C(=O)N3CCC(C(=O)O)(c4ccc(F)cc4)CC3)cc2)O1. The van der Waals surface area contributed by atoms with Gasteiger partial charge in [-0.3, -0.25) is 9.59 Å². The molecule has 9 heteroatoms. The van der Waals surface area contributed by atoms with Crippen molar-refractivity contribution in [1.29, 1.82) is 0 Å². The Balaban J connectivity index is 1.44. The van der Waals surface area contributed by atoms with Crippen LogP contribution in [0.25, 0.3) is 0 Å². The van der Waals surface area contributed by atoms with Crippen molar-refractivity contribution in [3.05, 3.63) is 71.0 Å². The van der Waals surface area contributed by atoms with Crippen molar-refractivity contribution in [3.63, 3.8) is 0 Å². The molecule has 0 saturated carbocycles. The second kappa shape index (κ2) is 8.11. The van der Waals surface area contributed by atoms with E-state index in [4.69, 9.17) is 14.7 Å². The van der Waals surface area contributed by atoms with Crippen LogP contribution in [0.2, 0.25) is 0 Å². The number of nitrogens with zero attached hydrogens (tertiary/aromatic N) is 2.